The second-order valence-corrected chi connectivity index (χ2v) is 10.9. The molecule has 0 bridgehead atoms. The number of nitrogens with zero attached hydrogens (tertiary/aromatic N) is 2. The van der Waals surface area contributed by atoms with Gasteiger partial charge in [-0.15, -0.1) is 0 Å². The summed E-state index contributed by atoms with van der Waals surface area (Å²) in [7, 11) is 3.29. The third-order valence-corrected chi connectivity index (χ3v) is 7.17. The van der Waals surface area contributed by atoms with Crippen molar-refractivity contribution in [2.45, 2.75) is 52.7 Å². The summed E-state index contributed by atoms with van der Waals surface area (Å²) in [6, 6.07) is 16.6. The first-order valence-electron chi connectivity index (χ1n) is 13.9. The highest BCUT2D eigenvalue weighted by Gasteiger charge is 2.35. The van der Waals surface area contributed by atoms with Crippen LogP contribution in [0, 0.1) is 11.8 Å². The van der Waals surface area contributed by atoms with Gasteiger partial charge < -0.3 is 24.4 Å². The van der Waals surface area contributed by atoms with Gasteiger partial charge in [0.2, 0.25) is 0 Å². The summed E-state index contributed by atoms with van der Waals surface area (Å²) in [6.45, 7) is 14.3. The van der Waals surface area contributed by atoms with Crippen molar-refractivity contribution in [1.82, 2.24) is 15.1 Å². The lowest BCUT2D eigenvalue weighted by Crippen LogP contribution is -2.43. The van der Waals surface area contributed by atoms with Crippen LogP contribution in [-0.2, 0) is 11.3 Å². The van der Waals surface area contributed by atoms with Crippen molar-refractivity contribution >= 4 is 5.91 Å². The lowest BCUT2D eigenvalue weighted by molar-refractivity contribution is 0.0658. The first kappa shape index (κ1) is 29.9. The number of hydrogen-bond acceptors (Lipinski definition) is 6. The average Bonchev–Trinajstić information content (AvgIpc) is 3.29. The van der Waals surface area contributed by atoms with Crippen molar-refractivity contribution < 1.29 is 19.0 Å². The number of ether oxygens (including phenoxy) is 3. The first-order valence-corrected chi connectivity index (χ1v) is 13.9. The van der Waals surface area contributed by atoms with Gasteiger partial charge >= 0.3 is 0 Å². The van der Waals surface area contributed by atoms with Crippen LogP contribution in [0.1, 0.15) is 50.0 Å². The molecule has 210 valence electrons. The highest BCUT2D eigenvalue weighted by molar-refractivity contribution is 5.95. The third-order valence-electron chi connectivity index (χ3n) is 7.17. The van der Waals surface area contributed by atoms with Gasteiger partial charge in [-0.2, -0.15) is 0 Å². The van der Waals surface area contributed by atoms with E-state index in [0.717, 1.165) is 39.1 Å². The molecule has 7 nitrogen and oxygen atoms in total. The Hall–Kier alpha value is -2.61. The normalized spacial score (nSPS) is 17.8. The summed E-state index contributed by atoms with van der Waals surface area (Å²) >= 11 is 0. The Morgan fingerprint density at radius 3 is 2.39 bits per heavy atom. The molecule has 2 aromatic carbocycles. The van der Waals surface area contributed by atoms with Gasteiger partial charge in [0, 0.05) is 64.0 Å². The average molecular weight is 526 g/mol. The van der Waals surface area contributed by atoms with Gasteiger partial charge in [0.1, 0.15) is 0 Å². The van der Waals surface area contributed by atoms with E-state index in [1.807, 2.05) is 23.1 Å². The van der Waals surface area contributed by atoms with Gasteiger partial charge in [-0.3, -0.25) is 9.69 Å². The number of nitrogens with one attached hydrogen (secondary N) is 1. The Labute approximate surface area is 229 Å². The molecule has 0 saturated carbocycles. The zero-order valence-corrected chi connectivity index (χ0v) is 24.1. The van der Waals surface area contributed by atoms with Crippen molar-refractivity contribution in [1.29, 1.82) is 0 Å². The number of hydrogen-bond donors (Lipinski definition) is 1. The Morgan fingerprint density at radius 2 is 1.74 bits per heavy atom. The maximum atomic E-state index is 13.8. The Morgan fingerprint density at radius 1 is 1.00 bits per heavy atom. The van der Waals surface area contributed by atoms with Gasteiger partial charge in [0.15, 0.2) is 11.5 Å². The summed E-state index contributed by atoms with van der Waals surface area (Å²) in [4.78, 5) is 18.4. The second-order valence-electron chi connectivity index (χ2n) is 10.9. The van der Waals surface area contributed by atoms with Crippen molar-refractivity contribution in [3.63, 3.8) is 0 Å². The number of amides is 1. The molecule has 1 aliphatic heterocycles. The predicted octanol–water partition coefficient (Wildman–Crippen LogP) is 4.71. The Kier molecular flexibility index (Phi) is 11.9. The highest BCUT2D eigenvalue weighted by Crippen LogP contribution is 2.31. The number of methoxy groups -OCH3 is 2. The third kappa shape index (κ3) is 8.72. The zero-order valence-electron chi connectivity index (χ0n) is 24.1. The van der Waals surface area contributed by atoms with E-state index in [9.17, 15) is 4.79 Å². The summed E-state index contributed by atoms with van der Waals surface area (Å²) < 4.78 is 16.5. The zero-order chi connectivity index (χ0) is 27.5. The Balaban J connectivity index is 1.75. The van der Waals surface area contributed by atoms with Crippen molar-refractivity contribution in [3.8, 4) is 11.5 Å². The summed E-state index contributed by atoms with van der Waals surface area (Å²) in [5.74, 6) is 2.11. The first-order chi connectivity index (χ1) is 18.3. The van der Waals surface area contributed by atoms with Gasteiger partial charge in [0.25, 0.3) is 5.91 Å². The SMILES string of the molecule is COCCCOc1cc(C(=O)N(CC2CN(Cc3ccccc3)CC2CNC(C)C)C(C)C)ccc1OC. The van der Waals surface area contributed by atoms with Gasteiger partial charge in [-0.1, -0.05) is 44.2 Å². The van der Waals surface area contributed by atoms with E-state index >= 15 is 0 Å². The van der Waals surface area contributed by atoms with Crippen molar-refractivity contribution in [2.75, 3.05) is 53.6 Å². The molecular weight excluding hydrogens is 478 g/mol. The fourth-order valence-corrected chi connectivity index (χ4v) is 5.09. The van der Waals surface area contributed by atoms with Crippen LogP contribution in [0.4, 0.5) is 0 Å². The summed E-state index contributed by atoms with van der Waals surface area (Å²) in [6.07, 6.45) is 0.767. The molecule has 0 radical (unpaired) electrons. The highest BCUT2D eigenvalue weighted by atomic mass is 16.5. The fraction of sp³-hybridized carbons (Fsp3) is 0.581. The molecule has 0 spiro atoms. The summed E-state index contributed by atoms with van der Waals surface area (Å²) in [5.41, 5.74) is 1.95. The second kappa shape index (κ2) is 15.1. The molecule has 2 unspecified atom stereocenters. The lowest BCUT2D eigenvalue weighted by atomic mass is 9.94. The van der Waals surface area contributed by atoms with Crippen LogP contribution in [0.5, 0.6) is 11.5 Å². The molecule has 1 fully saturated rings. The molecule has 7 heteroatoms. The minimum absolute atomic E-state index is 0.0291. The van der Waals surface area contributed by atoms with Crippen LogP contribution in [0.2, 0.25) is 0 Å². The van der Waals surface area contributed by atoms with E-state index in [2.05, 4.69) is 68.2 Å². The van der Waals surface area contributed by atoms with E-state index in [4.69, 9.17) is 14.2 Å². The monoisotopic (exact) mass is 525 g/mol. The van der Waals surface area contributed by atoms with Crippen LogP contribution in [0.3, 0.4) is 0 Å². The van der Waals surface area contributed by atoms with E-state index < -0.39 is 0 Å². The van der Waals surface area contributed by atoms with Crippen LogP contribution >= 0.6 is 0 Å². The smallest absolute Gasteiger partial charge is 0.254 e. The maximum Gasteiger partial charge on any atom is 0.254 e. The van der Waals surface area contributed by atoms with Gasteiger partial charge in [-0.25, -0.2) is 0 Å². The van der Waals surface area contributed by atoms with Crippen LogP contribution in [0.25, 0.3) is 0 Å². The Bertz CT molecular complexity index is 982. The van der Waals surface area contributed by atoms with Crippen molar-refractivity contribution in [3.05, 3.63) is 59.7 Å². The number of likely N-dealkylation sites (tertiary alicyclic amines) is 1. The molecule has 2 atom stereocenters. The molecule has 1 saturated heterocycles. The van der Waals surface area contributed by atoms with Crippen LogP contribution < -0.4 is 14.8 Å². The fourth-order valence-electron chi connectivity index (χ4n) is 5.09. The molecule has 3 rings (SSSR count). The molecule has 1 heterocycles. The standard InChI is InChI=1S/C31H47N3O4/c1-23(2)32-18-27-20-33(19-25-11-8-7-9-12-25)21-28(27)22-34(24(3)4)31(35)26-13-14-29(37-6)30(17-26)38-16-10-15-36-5/h7-9,11-14,17,23-24,27-28,32H,10,15-16,18-22H2,1-6H3. The van der Waals surface area contributed by atoms with E-state index in [1.165, 1.54) is 5.56 Å². The minimum atomic E-state index is 0.0291. The molecule has 38 heavy (non-hydrogen) atoms. The molecule has 0 aliphatic carbocycles. The molecule has 0 aromatic heterocycles. The van der Waals surface area contributed by atoms with Crippen molar-refractivity contribution in [2.24, 2.45) is 11.8 Å². The van der Waals surface area contributed by atoms with Crippen LogP contribution in [0.15, 0.2) is 48.5 Å². The van der Waals surface area contributed by atoms with Gasteiger partial charge in [-0.05, 0) is 56.0 Å². The summed E-state index contributed by atoms with van der Waals surface area (Å²) in [5, 5.41) is 3.64. The lowest BCUT2D eigenvalue weighted by Gasteiger charge is -2.32. The minimum Gasteiger partial charge on any atom is -0.493 e. The number of benzene rings is 2. The molecule has 1 amide bonds. The van der Waals surface area contributed by atoms with E-state index in [1.54, 1.807) is 14.2 Å². The molecule has 1 N–H and O–H groups in total. The molecular formula is C31H47N3O4. The molecule has 2 aromatic rings. The number of rotatable bonds is 15. The molecule has 1 aliphatic rings. The quantitative estimate of drug-likeness (QED) is 0.340. The number of carbonyl (C=O) groups is 1. The predicted molar refractivity (Wildman–Crippen MR) is 153 cm³/mol. The topological polar surface area (TPSA) is 63.3 Å². The van der Waals surface area contributed by atoms with Crippen LogP contribution in [-0.4, -0.2) is 81.4 Å². The maximum absolute atomic E-state index is 13.8. The van der Waals surface area contributed by atoms with E-state index in [-0.39, 0.29) is 11.9 Å². The largest absolute Gasteiger partial charge is 0.493 e. The van der Waals surface area contributed by atoms with Gasteiger partial charge in [0.05, 0.1) is 13.7 Å². The van der Waals surface area contributed by atoms with E-state index in [0.29, 0.717) is 48.2 Å². The number of carbonyl (C=O) groups excluding carboxylic acids is 1.